The van der Waals surface area contributed by atoms with E-state index in [2.05, 4.69) is 22.6 Å². The molecule has 0 aliphatic rings. The van der Waals surface area contributed by atoms with E-state index in [9.17, 15) is 13.6 Å². The van der Waals surface area contributed by atoms with E-state index in [-0.39, 0.29) is 23.6 Å². The molecule has 4 rings (SSSR count). The van der Waals surface area contributed by atoms with Gasteiger partial charge in [0.1, 0.15) is 11.6 Å². The highest BCUT2D eigenvalue weighted by Gasteiger charge is 2.16. The normalized spacial score (nSPS) is 12.4. The van der Waals surface area contributed by atoms with Crippen molar-refractivity contribution in [1.29, 1.82) is 0 Å². The zero-order valence-electron chi connectivity index (χ0n) is 23.2. The minimum atomic E-state index is -0.288. The molecule has 1 heterocycles. The van der Waals surface area contributed by atoms with E-state index < -0.39 is 0 Å². The first-order chi connectivity index (χ1) is 19.3. The van der Waals surface area contributed by atoms with Crippen LogP contribution in [0.2, 0.25) is 0 Å². The number of amides is 1. The van der Waals surface area contributed by atoms with Gasteiger partial charge in [0.15, 0.2) is 0 Å². The van der Waals surface area contributed by atoms with Gasteiger partial charge < -0.3 is 9.88 Å². The highest BCUT2D eigenvalue weighted by molar-refractivity contribution is 7.98. The molecule has 0 bridgehead atoms. The summed E-state index contributed by atoms with van der Waals surface area (Å²) in [6.45, 7) is 2.02. The van der Waals surface area contributed by atoms with Crippen molar-refractivity contribution in [1.82, 2.24) is 14.9 Å². The molecule has 40 heavy (non-hydrogen) atoms. The maximum absolute atomic E-state index is 13.7. The molecule has 0 aliphatic heterocycles. The molecule has 0 unspecified atom stereocenters. The standard InChI is InChI=1S/C33H35F2N3OS/c1-23(16-17-40-3)37-33(39)32-19-25(5-9-27(32)8-4-24-6-12-29(34)13-7-24)18-28(20-31-21-36-22-38(31)2)26-10-14-30(35)15-11-26/h5-7,9-15,18-19,21-23H,4,8,16-17,20H2,1-3H3,(H,37,39)/b28-18+/t23-/m1/s1. The van der Waals surface area contributed by atoms with Crippen LogP contribution >= 0.6 is 11.8 Å². The Kier molecular flexibility index (Phi) is 10.3. The number of nitrogens with zero attached hydrogens (tertiary/aromatic N) is 2. The van der Waals surface area contributed by atoms with Gasteiger partial charge in [-0.1, -0.05) is 42.5 Å². The highest BCUT2D eigenvalue weighted by Crippen LogP contribution is 2.25. The summed E-state index contributed by atoms with van der Waals surface area (Å²) < 4.78 is 29.0. The molecule has 4 aromatic rings. The quantitative estimate of drug-likeness (QED) is 0.188. The molecule has 0 fully saturated rings. The summed E-state index contributed by atoms with van der Waals surface area (Å²) in [5.74, 6) is 0.315. The minimum absolute atomic E-state index is 0.0451. The van der Waals surface area contributed by atoms with E-state index in [0.717, 1.165) is 45.7 Å². The number of rotatable bonds is 12. The molecule has 0 saturated carbocycles. The maximum atomic E-state index is 13.7. The lowest BCUT2D eigenvalue weighted by molar-refractivity contribution is 0.0938. The molecular weight excluding hydrogens is 524 g/mol. The number of nitrogens with one attached hydrogen (secondary N) is 1. The van der Waals surface area contributed by atoms with Crippen molar-refractivity contribution in [3.8, 4) is 0 Å². The number of imidazole rings is 1. The number of carbonyl (C=O) groups excluding carboxylic acids is 1. The first-order valence-electron chi connectivity index (χ1n) is 13.4. The Morgan fingerprint density at radius 2 is 1.73 bits per heavy atom. The van der Waals surface area contributed by atoms with Gasteiger partial charge in [0.05, 0.1) is 6.33 Å². The Bertz CT molecular complexity index is 1450. The number of hydrogen-bond acceptors (Lipinski definition) is 3. The molecule has 1 atom stereocenters. The Hall–Kier alpha value is -3.71. The smallest absolute Gasteiger partial charge is 0.251 e. The molecule has 1 aromatic heterocycles. The number of thioether (sulfide) groups is 1. The maximum Gasteiger partial charge on any atom is 0.251 e. The molecule has 0 radical (unpaired) electrons. The summed E-state index contributed by atoms with van der Waals surface area (Å²) >= 11 is 1.76. The second-order valence-electron chi connectivity index (χ2n) is 10.0. The fourth-order valence-corrected chi connectivity index (χ4v) is 5.15. The molecule has 0 saturated heterocycles. The van der Waals surface area contributed by atoms with E-state index in [1.54, 1.807) is 42.4 Å². The number of hydrogen-bond donors (Lipinski definition) is 1. The van der Waals surface area contributed by atoms with Gasteiger partial charge in [0, 0.05) is 37.0 Å². The van der Waals surface area contributed by atoms with Crippen LogP contribution in [0.1, 0.15) is 51.7 Å². The van der Waals surface area contributed by atoms with Crippen molar-refractivity contribution in [2.75, 3.05) is 12.0 Å². The third-order valence-electron chi connectivity index (χ3n) is 6.95. The summed E-state index contributed by atoms with van der Waals surface area (Å²) in [6, 6.07) is 18.9. The molecule has 1 amide bonds. The van der Waals surface area contributed by atoms with E-state index in [1.807, 2.05) is 42.9 Å². The van der Waals surface area contributed by atoms with Crippen LogP contribution in [-0.2, 0) is 26.3 Å². The van der Waals surface area contributed by atoms with Gasteiger partial charge >= 0.3 is 0 Å². The van der Waals surface area contributed by atoms with Gasteiger partial charge in [0.25, 0.3) is 5.91 Å². The predicted octanol–water partition coefficient (Wildman–Crippen LogP) is 7.14. The van der Waals surface area contributed by atoms with Gasteiger partial charge in [-0.25, -0.2) is 13.8 Å². The SMILES string of the molecule is CSCC[C@@H](C)NC(=O)c1cc(/C=C(\Cc2cncn2C)c2ccc(F)cc2)ccc1CCc1ccc(F)cc1. The Morgan fingerprint density at radius 1 is 1.02 bits per heavy atom. The van der Waals surface area contributed by atoms with E-state index in [1.165, 1.54) is 24.3 Å². The highest BCUT2D eigenvalue weighted by atomic mass is 32.2. The van der Waals surface area contributed by atoms with Gasteiger partial charge in [-0.05, 0) is 96.4 Å². The molecule has 0 spiro atoms. The summed E-state index contributed by atoms with van der Waals surface area (Å²) in [7, 11) is 1.95. The number of benzene rings is 3. The molecule has 208 valence electrons. The Morgan fingerprint density at radius 3 is 2.38 bits per heavy atom. The second-order valence-corrected chi connectivity index (χ2v) is 11.0. The van der Waals surface area contributed by atoms with Crippen molar-refractivity contribution in [3.05, 3.63) is 124 Å². The van der Waals surface area contributed by atoms with Crippen LogP contribution in [0.25, 0.3) is 11.6 Å². The van der Waals surface area contributed by atoms with Crippen LogP contribution in [-0.4, -0.2) is 33.5 Å². The number of halogens is 2. The molecule has 1 N–H and O–H groups in total. The van der Waals surface area contributed by atoms with Gasteiger partial charge in [-0.2, -0.15) is 11.8 Å². The van der Waals surface area contributed by atoms with Crippen molar-refractivity contribution in [2.24, 2.45) is 7.05 Å². The first-order valence-corrected chi connectivity index (χ1v) is 14.8. The predicted molar refractivity (Wildman–Crippen MR) is 161 cm³/mol. The van der Waals surface area contributed by atoms with Crippen LogP contribution in [0.3, 0.4) is 0 Å². The Labute approximate surface area is 239 Å². The number of allylic oxidation sites excluding steroid dienone is 1. The molecule has 3 aromatic carbocycles. The fourth-order valence-electron chi connectivity index (χ4n) is 4.56. The van der Waals surface area contributed by atoms with Crippen LogP contribution in [0, 0.1) is 11.6 Å². The largest absolute Gasteiger partial charge is 0.350 e. The van der Waals surface area contributed by atoms with Gasteiger partial charge in [-0.3, -0.25) is 4.79 Å². The van der Waals surface area contributed by atoms with E-state index in [0.29, 0.717) is 24.8 Å². The average Bonchev–Trinajstić information content (AvgIpc) is 3.36. The van der Waals surface area contributed by atoms with Crippen LogP contribution in [0.5, 0.6) is 0 Å². The number of aromatic nitrogens is 2. The van der Waals surface area contributed by atoms with Crippen LogP contribution < -0.4 is 5.32 Å². The number of carbonyl (C=O) groups is 1. The third-order valence-corrected chi connectivity index (χ3v) is 7.60. The lowest BCUT2D eigenvalue weighted by Crippen LogP contribution is -2.33. The topological polar surface area (TPSA) is 46.9 Å². The lowest BCUT2D eigenvalue weighted by atomic mass is 9.94. The summed E-state index contributed by atoms with van der Waals surface area (Å²) in [4.78, 5) is 17.7. The van der Waals surface area contributed by atoms with Crippen LogP contribution in [0.4, 0.5) is 8.78 Å². The average molecular weight is 560 g/mol. The summed E-state index contributed by atoms with van der Waals surface area (Å²) in [5, 5.41) is 3.16. The first kappa shape index (κ1) is 29.3. The molecule has 4 nitrogen and oxygen atoms in total. The number of aryl methyl sites for hydroxylation is 3. The molecule has 7 heteroatoms. The fraction of sp³-hybridized carbons (Fsp3) is 0.273. The zero-order chi connectivity index (χ0) is 28.5. The van der Waals surface area contributed by atoms with Crippen molar-refractivity contribution >= 4 is 29.3 Å². The lowest BCUT2D eigenvalue weighted by Gasteiger charge is -2.17. The van der Waals surface area contributed by atoms with E-state index in [4.69, 9.17) is 0 Å². The van der Waals surface area contributed by atoms with Gasteiger partial charge in [0.2, 0.25) is 0 Å². The van der Waals surface area contributed by atoms with Crippen LogP contribution in [0.15, 0.2) is 79.3 Å². The Balaban J connectivity index is 1.68. The molecule has 0 aliphatic carbocycles. The van der Waals surface area contributed by atoms with Gasteiger partial charge in [-0.15, -0.1) is 0 Å². The summed E-state index contributed by atoms with van der Waals surface area (Å²) in [6.07, 6.45) is 10.5. The minimum Gasteiger partial charge on any atom is -0.350 e. The van der Waals surface area contributed by atoms with E-state index >= 15 is 0 Å². The second kappa shape index (κ2) is 14.1. The monoisotopic (exact) mass is 559 g/mol. The summed E-state index contributed by atoms with van der Waals surface area (Å²) in [5.41, 5.74) is 6.37. The van der Waals surface area contributed by atoms with Crippen molar-refractivity contribution in [3.63, 3.8) is 0 Å². The van der Waals surface area contributed by atoms with Crippen molar-refractivity contribution < 1.29 is 13.6 Å². The molecular formula is C33H35F2N3OS. The zero-order valence-corrected chi connectivity index (χ0v) is 24.0. The third kappa shape index (κ3) is 8.15. The van der Waals surface area contributed by atoms with Crippen molar-refractivity contribution in [2.45, 2.75) is 38.6 Å².